The molecule has 2 saturated heterocycles. The smallest absolute Gasteiger partial charge is 0.304 e. The predicted octanol–water partition coefficient (Wildman–Crippen LogP) is -0.253. The summed E-state index contributed by atoms with van der Waals surface area (Å²) >= 11 is 0. The van der Waals surface area contributed by atoms with Crippen molar-refractivity contribution >= 4 is 11.9 Å². The van der Waals surface area contributed by atoms with Gasteiger partial charge in [-0.1, -0.05) is 0 Å². The van der Waals surface area contributed by atoms with E-state index in [1.54, 1.807) is 0 Å². The first-order valence-corrected chi connectivity index (χ1v) is 7.10. The van der Waals surface area contributed by atoms with E-state index in [1.807, 2.05) is 4.90 Å². The van der Waals surface area contributed by atoms with E-state index in [-0.39, 0.29) is 12.3 Å². The topological polar surface area (TPSA) is 72.9 Å². The number of nitrogens with zero attached hydrogens (tertiary/aromatic N) is 2. The fraction of sp³-hybridized carbons (Fsp3) is 0.846. The largest absolute Gasteiger partial charge is 0.481 e. The molecular formula is C13H23N3O3. The van der Waals surface area contributed by atoms with Crippen molar-refractivity contribution in [1.82, 2.24) is 15.1 Å². The predicted molar refractivity (Wildman–Crippen MR) is 70.9 cm³/mol. The van der Waals surface area contributed by atoms with Crippen LogP contribution in [0.15, 0.2) is 0 Å². The van der Waals surface area contributed by atoms with Crippen molar-refractivity contribution in [3.05, 3.63) is 0 Å². The van der Waals surface area contributed by atoms with Crippen molar-refractivity contribution in [3.63, 3.8) is 0 Å². The van der Waals surface area contributed by atoms with Crippen LogP contribution in [-0.2, 0) is 9.59 Å². The Hall–Kier alpha value is -1.14. The molecule has 0 bridgehead atoms. The van der Waals surface area contributed by atoms with Gasteiger partial charge in [0.2, 0.25) is 5.91 Å². The zero-order valence-electron chi connectivity index (χ0n) is 11.3. The number of hydrogen-bond acceptors (Lipinski definition) is 4. The van der Waals surface area contributed by atoms with Crippen LogP contribution in [0.2, 0.25) is 0 Å². The maximum atomic E-state index is 12.1. The molecule has 2 N–H and O–H groups in total. The molecule has 0 spiro atoms. The lowest BCUT2D eigenvalue weighted by Crippen LogP contribution is -2.49. The third kappa shape index (κ3) is 4.47. The molecule has 2 heterocycles. The zero-order valence-corrected chi connectivity index (χ0v) is 11.3. The van der Waals surface area contributed by atoms with Crippen LogP contribution >= 0.6 is 0 Å². The molecule has 0 aliphatic carbocycles. The molecule has 2 aliphatic heterocycles. The fourth-order valence-corrected chi connectivity index (χ4v) is 2.75. The minimum Gasteiger partial charge on any atom is -0.481 e. The molecule has 2 rings (SSSR count). The standard InChI is InChI=1S/C13H23N3O3/c17-12(10-11-2-1-4-14-11)16-8-6-15(7-9-16)5-3-13(18)19/h11,14H,1-10H2,(H,18,19). The summed E-state index contributed by atoms with van der Waals surface area (Å²) in [7, 11) is 0. The molecule has 6 nitrogen and oxygen atoms in total. The number of carboxylic acid groups (broad SMARTS) is 1. The number of carbonyl (C=O) groups excluding carboxylic acids is 1. The average molecular weight is 269 g/mol. The molecule has 19 heavy (non-hydrogen) atoms. The Bertz CT molecular complexity index is 321. The van der Waals surface area contributed by atoms with Crippen LogP contribution < -0.4 is 5.32 Å². The summed E-state index contributed by atoms with van der Waals surface area (Å²) in [5.74, 6) is -0.525. The highest BCUT2D eigenvalue weighted by Crippen LogP contribution is 2.12. The molecule has 0 aromatic heterocycles. The van der Waals surface area contributed by atoms with Crippen LogP contribution in [0.5, 0.6) is 0 Å². The van der Waals surface area contributed by atoms with E-state index in [1.165, 1.54) is 6.42 Å². The van der Waals surface area contributed by atoms with E-state index in [2.05, 4.69) is 10.2 Å². The third-order valence-corrected chi connectivity index (χ3v) is 3.95. The van der Waals surface area contributed by atoms with Gasteiger partial charge in [-0.25, -0.2) is 0 Å². The molecule has 1 atom stereocenters. The van der Waals surface area contributed by atoms with E-state index >= 15 is 0 Å². The van der Waals surface area contributed by atoms with Gasteiger partial charge in [-0.05, 0) is 19.4 Å². The van der Waals surface area contributed by atoms with Gasteiger partial charge in [-0.3, -0.25) is 14.5 Å². The second kappa shape index (κ2) is 6.86. The molecule has 6 heteroatoms. The SMILES string of the molecule is O=C(O)CCN1CCN(C(=O)CC2CCCN2)CC1. The van der Waals surface area contributed by atoms with Gasteiger partial charge in [-0.15, -0.1) is 0 Å². The highest BCUT2D eigenvalue weighted by molar-refractivity contribution is 5.77. The summed E-state index contributed by atoms with van der Waals surface area (Å²) in [6, 6.07) is 0.359. The molecule has 0 saturated carbocycles. The monoisotopic (exact) mass is 269 g/mol. The Balaban J connectivity index is 1.67. The lowest BCUT2D eigenvalue weighted by Gasteiger charge is -2.35. The second-order valence-corrected chi connectivity index (χ2v) is 5.36. The number of amides is 1. The molecular weight excluding hydrogens is 246 g/mol. The quantitative estimate of drug-likeness (QED) is 0.720. The number of rotatable bonds is 5. The minimum absolute atomic E-state index is 0.180. The lowest BCUT2D eigenvalue weighted by molar-refractivity contribution is -0.138. The minimum atomic E-state index is -0.759. The molecule has 1 amide bonds. The average Bonchev–Trinajstić information content (AvgIpc) is 2.89. The number of carboxylic acids is 1. The van der Waals surface area contributed by atoms with Gasteiger partial charge < -0.3 is 15.3 Å². The van der Waals surface area contributed by atoms with Gasteiger partial charge in [0, 0.05) is 45.2 Å². The van der Waals surface area contributed by atoms with Gasteiger partial charge in [0.1, 0.15) is 0 Å². The van der Waals surface area contributed by atoms with Gasteiger partial charge in [-0.2, -0.15) is 0 Å². The summed E-state index contributed by atoms with van der Waals surface area (Å²) in [6.07, 6.45) is 3.06. The molecule has 1 unspecified atom stereocenters. The van der Waals surface area contributed by atoms with Crippen LogP contribution in [0.4, 0.5) is 0 Å². The number of aliphatic carboxylic acids is 1. The highest BCUT2D eigenvalue weighted by Gasteiger charge is 2.24. The van der Waals surface area contributed by atoms with Crippen molar-refractivity contribution in [3.8, 4) is 0 Å². The van der Waals surface area contributed by atoms with Crippen molar-refractivity contribution in [1.29, 1.82) is 0 Å². The van der Waals surface area contributed by atoms with Crippen LogP contribution in [0.25, 0.3) is 0 Å². The zero-order chi connectivity index (χ0) is 13.7. The first-order chi connectivity index (χ1) is 9.15. The number of carbonyl (C=O) groups is 2. The van der Waals surface area contributed by atoms with E-state index in [4.69, 9.17) is 5.11 Å². The molecule has 0 aromatic rings. The maximum absolute atomic E-state index is 12.1. The summed E-state index contributed by atoms with van der Waals surface area (Å²) < 4.78 is 0. The summed E-state index contributed by atoms with van der Waals surface area (Å²) in [5, 5.41) is 12.0. The Morgan fingerprint density at radius 1 is 1.21 bits per heavy atom. The van der Waals surface area contributed by atoms with Crippen LogP contribution in [0.3, 0.4) is 0 Å². The Labute approximate surface area is 113 Å². The third-order valence-electron chi connectivity index (χ3n) is 3.95. The van der Waals surface area contributed by atoms with Gasteiger partial charge in [0.25, 0.3) is 0 Å². The van der Waals surface area contributed by atoms with Crippen molar-refractivity contribution in [2.75, 3.05) is 39.3 Å². The Morgan fingerprint density at radius 3 is 2.53 bits per heavy atom. The fourth-order valence-electron chi connectivity index (χ4n) is 2.75. The maximum Gasteiger partial charge on any atom is 0.304 e. The summed E-state index contributed by atoms with van der Waals surface area (Å²) in [5.41, 5.74) is 0. The second-order valence-electron chi connectivity index (χ2n) is 5.36. The Morgan fingerprint density at radius 2 is 1.95 bits per heavy atom. The number of nitrogens with one attached hydrogen (secondary N) is 1. The highest BCUT2D eigenvalue weighted by atomic mass is 16.4. The van der Waals surface area contributed by atoms with Crippen molar-refractivity contribution in [2.45, 2.75) is 31.7 Å². The molecule has 2 fully saturated rings. The van der Waals surface area contributed by atoms with Crippen molar-refractivity contribution in [2.24, 2.45) is 0 Å². The summed E-state index contributed by atoms with van der Waals surface area (Å²) in [6.45, 7) is 4.65. The first-order valence-electron chi connectivity index (χ1n) is 7.10. The lowest BCUT2D eigenvalue weighted by atomic mass is 10.1. The van der Waals surface area contributed by atoms with Crippen LogP contribution in [-0.4, -0.2) is 72.1 Å². The first kappa shape index (κ1) is 14.3. The molecule has 0 radical (unpaired) electrons. The Kier molecular flexibility index (Phi) is 5.15. The number of hydrogen-bond donors (Lipinski definition) is 2. The van der Waals surface area contributed by atoms with E-state index in [9.17, 15) is 9.59 Å². The van der Waals surface area contributed by atoms with E-state index in [0.29, 0.717) is 19.0 Å². The molecule has 108 valence electrons. The van der Waals surface area contributed by atoms with Crippen LogP contribution in [0.1, 0.15) is 25.7 Å². The van der Waals surface area contributed by atoms with Gasteiger partial charge in [0.05, 0.1) is 6.42 Å². The summed E-state index contributed by atoms with van der Waals surface area (Å²) in [4.78, 5) is 26.6. The normalized spacial score (nSPS) is 24.6. The van der Waals surface area contributed by atoms with E-state index in [0.717, 1.165) is 39.1 Å². The number of piperazine rings is 1. The van der Waals surface area contributed by atoms with Gasteiger partial charge >= 0.3 is 5.97 Å². The molecule has 2 aliphatic rings. The molecule has 0 aromatic carbocycles. The van der Waals surface area contributed by atoms with Crippen LogP contribution in [0, 0.1) is 0 Å². The van der Waals surface area contributed by atoms with Crippen molar-refractivity contribution < 1.29 is 14.7 Å². The van der Waals surface area contributed by atoms with E-state index < -0.39 is 5.97 Å². The van der Waals surface area contributed by atoms with Gasteiger partial charge in [0.15, 0.2) is 0 Å².